The summed E-state index contributed by atoms with van der Waals surface area (Å²) in [5.74, 6) is -2.33. The lowest BCUT2D eigenvalue weighted by Gasteiger charge is -2.30. The van der Waals surface area contributed by atoms with Gasteiger partial charge in [-0.05, 0) is 30.9 Å². The van der Waals surface area contributed by atoms with Crippen molar-refractivity contribution in [2.75, 3.05) is 11.4 Å². The SMILES string of the molecule is O=C(O)CCC(NC(=O)N1CCCc2ccccc21)C(=O)O. The number of nitrogens with zero attached hydrogens (tertiary/aromatic N) is 1. The Morgan fingerprint density at radius 3 is 2.64 bits per heavy atom. The Morgan fingerprint density at radius 2 is 1.95 bits per heavy atom. The lowest BCUT2D eigenvalue weighted by atomic mass is 10.0. The number of hydrogen-bond donors (Lipinski definition) is 3. The fourth-order valence-corrected chi connectivity index (χ4v) is 2.50. The molecule has 7 nitrogen and oxygen atoms in total. The second-order valence-corrected chi connectivity index (χ2v) is 5.16. The van der Waals surface area contributed by atoms with Crippen LogP contribution in [0.15, 0.2) is 24.3 Å². The predicted molar refractivity (Wildman–Crippen MR) is 78.9 cm³/mol. The molecule has 0 fully saturated rings. The van der Waals surface area contributed by atoms with Crippen LogP contribution in [0.25, 0.3) is 0 Å². The van der Waals surface area contributed by atoms with E-state index in [1.54, 1.807) is 0 Å². The number of fused-ring (bicyclic) bond motifs is 1. The van der Waals surface area contributed by atoms with Gasteiger partial charge in [0.2, 0.25) is 0 Å². The van der Waals surface area contributed by atoms with Crippen LogP contribution in [0.1, 0.15) is 24.8 Å². The zero-order valence-electron chi connectivity index (χ0n) is 12.0. The molecule has 1 aromatic carbocycles. The van der Waals surface area contributed by atoms with Crippen molar-refractivity contribution in [3.05, 3.63) is 29.8 Å². The number of urea groups is 1. The Hall–Kier alpha value is -2.57. The molecule has 0 saturated carbocycles. The Morgan fingerprint density at radius 1 is 1.23 bits per heavy atom. The lowest BCUT2D eigenvalue weighted by Crippen LogP contribution is -2.49. The third-order valence-corrected chi connectivity index (χ3v) is 3.60. The molecule has 0 aromatic heterocycles. The number of carbonyl (C=O) groups excluding carboxylic acids is 1. The molecule has 0 aliphatic carbocycles. The zero-order chi connectivity index (χ0) is 16.1. The quantitative estimate of drug-likeness (QED) is 0.763. The highest BCUT2D eigenvalue weighted by molar-refractivity contribution is 5.95. The molecule has 1 aliphatic rings. The first-order chi connectivity index (χ1) is 10.5. The molecule has 0 saturated heterocycles. The van der Waals surface area contributed by atoms with Crippen molar-refractivity contribution in [3.8, 4) is 0 Å². The van der Waals surface area contributed by atoms with Crippen LogP contribution in [0.3, 0.4) is 0 Å². The van der Waals surface area contributed by atoms with Crippen molar-refractivity contribution in [3.63, 3.8) is 0 Å². The van der Waals surface area contributed by atoms with Gasteiger partial charge in [0.05, 0.1) is 0 Å². The van der Waals surface area contributed by atoms with Gasteiger partial charge in [-0.25, -0.2) is 9.59 Å². The molecule has 1 aliphatic heterocycles. The van der Waals surface area contributed by atoms with E-state index >= 15 is 0 Å². The van der Waals surface area contributed by atoms with Crippen LogP contribution in [0, 0.1) is 0 Å². The van der Waals surface area contributed by atoms with Crippen molar-refractivity contribution in [2.24, 2.45) is 0 Å². The molecule has 2 amide bonds. The van der Waals surface area contributed by atoms with E-state index in [2.05, 4.69) is 5.32 Å². The number of aryl methyl sites for hydroxylation is 1. The smallest absolute Gasteiger partial charge is 0.326 e. The normalized spacial score (nSPS) is 14.8. The Balaban J connectivity index is 2.08. The van der Waals surface area contributed by atoms with Crippen molar-refractivity contribution < 1.29 is 24.6 Å². The van der Waals surface area contributed by atoms with Crippen molar-refractivity contribution >= 4 is 23.7 Å². The van der Waals surface area contributed by atoms with Crippen LogP contribution in [-0.4, -0.2) is 40.8 Å². The molecule has 118 valence electrons. The number of hydrogen-bond acceptors (Lipinski definition) is 3. The molecule has 7 heteroatoms. The number of carboxylic acids is 2. The van der Waals surface area contributed by atoms with Crippen LogP contribution in [0.5, 0.6) is 0 Å². The standard InChI is InChI=1S/C15H18N2O5/c18-13(19)8-7-11(14(20)21)16-15(22)17-9-3-5-10-4-1-2-6-12(10)17/h1-2,4,6,11H,3,5,7-9H2,(H,16,22)(H,18,19)(H,20,21). The van der Waals surface area contributed by atoms with E-state index in [9.17, 15) is 14.4 Å². The van der Waals surface area contributed by atoms with Crippen LogP contribution in [0.4, 0.5) is 10.5 Å². The third-order valence-electron chi connectivity index (χ3n) is 3.60. The monoisotopic (exact) mass is 306 g/mol. The van der Waals surface area contributed by atoms with Gasteiger partial charge in [0.15, 0.2) is 0 Å². The number of anilines is 1. The molecule has 1 aromatic rings. The summed E-state index contributed by atoms with van der Waals surface area (Å²) >= 11 is 0. The summed E-state index contributed by atoms with van der Waals surface area (Å²) in [5.41, 5.74) is 1.81. The number of amides is 2. The fourth-order valence-electron chi connectivity index (χ4n) is 2.50. The van der Waals surface area contributed by atoms with Gasteiger partial charge in [-0.15, -0.1) is 0 Å². The fraction of sp³-hybridized carbons (Fsp3) is 0.400. The van der Waals surface area contributed by atoms with Crippen molar-refractivity contribution in [1.82, 2.24) is 5.32 Å². The highest BCUT2D eigenvalue weighted by Crippen LogP contribution is 2.26. The average molecular weight is 306 g/mol. The van der Waals surface area contributed by atoms with Gasteiger partial charge in [0, 0.05) is 18.7 Å². The first-order valence-corrected chi connectivity index (χ1v) is 7.09. The maximum atomic E-state index is 12.3. The molecule has 1 unspecified atom stereocenters. The third kappa shape index (κ3) is 3.75. The number of aliphatic carboxylic acids is 2. The summed E-state index contributed by atoms with van der Waals surface area (Å²) in [7, 11) is 0. The summed E-state index contributed by atoms with van der Waals surface area (Å²) in [6.07, 6.45) is 1.22. The Kier molecular flexibility index (Phi) is 4.98. The second-order valence-electron chi connectivity index (χ2n) is 5.16. The number of carboxylic acid groups (broad SMARTS) is 2. The number of benzene rings is 1. The zero-order valence-corrected chi connectivity index (χ0v) is 12.0. The summed E-state index contributed by atoms with van der Waals surface area (Å²) in [6.45, 7) is 0.508. The molecular weight excluding hydrogens is 288 g/mol. The Labute approximate surface area is 127 Å². The maximum Gasteiger partial charge on any atom is 0.326 e. The number of carbonyl (C=O) groups is 3. The first kappa shape index (κ1) is 15.8. The van der Waals surface area contributed by atoms with E-state index in [-0.39, 0.29) is 12.8 Å². The molecule has 1 heterocycles. The summed E-state index contributed by atoms with van der Waals surface area (Å²) in [4.78, 5) is 35.5. The minimum absolute atomic E-state index is 0.147. The van der Waals surface area contributed by atoms with Crippen LogP contribution in [0.2, 0.25) is 0 Å². The van der Waals surface area contributed by atoms with E-state index in [1.165, 1.54) is 4.90 Å². The van der Waals surface area contributed by atoms with Crippen LogP contribution in [-0.2, 0) is 16.0 Å². The highest BCUT2D eigenvalue weighted by atomic mass is 16.4. The highest BCUT2D eigenvalue weighted by Gasteiger charge is 2.27. The van der Waals surface area contributed by atoms with Gasteiger partial charge in [-0.1, -0.05) is 18.2 Å². The minimum Gasteiger partial charge on any atom is -0.481 e. The first-order valence-electron chi connectivity index (χ1n) is 7.09. The predicted octanol–water partition coefficient (Wildman–Crippen LogP) is 1.47. The van der Waals surface area contributed by atoms with Crippen molar-refractivity contribution in [2.45, 2.75) is 31.7 Å². The molecule has 3 N–H and O–H groups in total. The van der Waals surface area contributed by atoms with Gasteiger partial charge in [0.25, 0.3) is 0 Å². The van der Waals surface area contributed by atoms with Gasteiger partial charge in [0.1, 0.15) is 6.04 Å². The average Bonchev–Trinajstić information content (AvgIpc) is 2.50. The second kappa shape index (κ2) is 6.93. The summed E-state index contributed by atoms with van der Waals surface area (Å²) < 4.78 is 0. The van der Waals surface area contributed by atoms with Crippen LogP contribution >= 0.6 is 0 Å². The summed E-state index contributed by atoms with van der Waals surface area (Å²) in [5, 5.41) is 20.2. The molecule has 22 heavy (non-hydrogen) atoms. The molecule has 0 spiro atoms. The maximum absolute atomic E-state index is 12.3. The Bertz CT molecular complexity index is 587. The van der Waals surface area contributed by atoms with E-state index < -0.39 is 24.0 Å². The van der Waals surface area contributed by atoms with Crippen LogP contribution < -0.4 is 10.2 Å². The van der Waals surface area contributed by atoms with E-state index in [0.717, 1.165) is 24.1 Å². The molecular formula is C15H18N2O5. The summed E-state index contributed by atoms with van der Waals surface area (Å²) in [6, 6.07) is 5.76. The van der Waals surface area contributed by atoms with Gasteiger partial charge >= 0.3 is 18.0 Å². The van der Waals surface area contributed by atoms with E-state index in [0.29, 0.717) is 6.54 Å². The van der Waals surface area contributed by atoms with Crippen molar-refractivity contribution in [1.29, 1.82) is 0 Å². The van der Waals surface area contributed by atoms with E-state index in [4.69, 9.17) is 10.2 Å². The minimum atomic E-state index is -1.24. The number of para-hydroxylation sites is 1. The number of rotatable bonds is 5. The van der Waals surface area contributed by atoms with E-state index in [1.807, 2.05) is 24.3 Å². The number of nitrogens with one attached hydrogen (secondary N) is 1. The van der Waals surface area contributed by atoms with Gasteiger partial charge < -0.3 is 15.5 Å². The largest absolute Gasteiger partial charge is 0.481 e. The molecule has 2 rings (SSSR count). The molecule has 0 bridgehead atoms. The van der Waals surface area contributed by atoms with Gasteiger partial charge in [-0.3, -0.25) is 9.69 Å². The topological polar surface area (TPSA) is 107 Å². The molecule has 0 radical (unpaired) electrons. The lowest BCUT2D eigenvalue weighted by molar-refractivity contribution is -0.140. The van der Waals surface area contributed by atoms with Gasteiger partial charge in [-0.2, -0.15) is 0 Å². The molecule has 1 atom stereocenters.